The van der Waals surface area contributed by atoms with Gasteiger partial charge in [-0.2, -0.15) is 0 Å². The van der Waals surface area contributed by atoms with E-state index in [9.17, 15) is 4.79 Å². The summed E-state index contributed by atoms with van der Waals surface area (Å²) in [6, 6.07) is 17.2. The fourth-order valence-electron chi connectivity index (χ4n) is 2.06. The summed E-state index contributed by atoms with van der Waals surface area (Å²) < 4.78 is 10.6. The minimum absolute atomic E-state index is 0. The number of benzene rings is 2. The van der Waals surface area contributed by atoms with Crippen molar-refractivity contribution in [3.63, 3.8) is 0 Å². The van der Waals surface area contributed by atoms with Crippen LogP contribution in [-0.4, -0.2) is 25.7 Å². The van der Waals surface area contributed by atoms with Gasteiger partial charge in [0.05, 0.1) is 12.2 Å². The summed E-state index contributed by atoms with van der Waals surface area (Å²) in [5.41, 5.74) is 1.81. The summed E-state index contributed by atoms with van der Waals surface area (Å²) in [7, 11) is 0. The molecule has 0 aliphatic rings. The van der Waals surface area contributed by atoms with E-state index in [1.54, 1.807) is 24.3 Å². The van der Waals surface area contributed by atoms with Crippen molar-refractivity contribution in [3.8, 4) is 5.75 Å². The Morgan fingerprint density at radius 1 is 1.04 bits per heavy atom. The maximum atomic E-state index is 11.9. The predicted molar refractivity (Wildman–Crippen MR) is 84.8 cm³/mol. The van der Waals surface area contributed by atoms with Crippen molar-refractivity contribution in [3.05, 3.63) is 65.7 Å². The molecule has 0 aromatic heterocycles. The van der Waals surface area contributed by atoms with Gasteiger partial charge in [0.25, 0.3) is 0 Å². The van der Waals surface area contributed by atoms with Crippen LogP contribution in [0.25, 0.3) is 0 Å². The highest BCUT2D eigenvalue weighted by Gasteiger charge is 2.07. The average Bonchev–Trinajstić information content (AvgIpc) is 2.56. The van der Waals surface area contributed by atoms with E-state index in [1.165, 1.54) is 5.56 Å². The monoisotopic (exact) mass is 335 g/mol. The van der Waals surface area contributed by atoms with Gasteiger partial charge < -0.3 is 27.2 Å². The van der Waals surface area contributed by atoms with Crippen molar-refractivity contribution in [2.45, 2.75) is 13.5 Å². The molecular weight excluding hydrogens is 314 g/mol. The zero-order chi connectivity index (χ0) is 15.6. The minimum atomic E-state index is -0.295. The lowest BCUT2D eigenvalue weighted by Crippen LogP contribution is -3.00. The summed E-state index contributed by atoms with van der Waals surface area (Å²) in [6.07, 6.45) is 0. The van der Waals surface area contributed by atoms with Crippen LogP contribution in [-0.2, 0) is 11.3 Å². The molecule has 2 rings (SSSR count). The quantitative estimate of drug-likeness (QED) is 0.498. The third-order valence-corrected chi connectivity index (χ3v) is 3.18. The van der Waals surface area contributed by atoms with Crippen molar-refractivity contribution in [1.29, 1.82) is 0 Å². The number of rotatable bonds is 8. The largest absolute Gasteiger partial charge is 1.00 e. The van der Waals surface area contributed by atoms with Crippen molar-refractivity contribution < 1.29 is 32.0 Å². The highest BCUT2D eigenvalue weighted by molar-refractivity contribution is 5.89. The molecule has 0 bridgehead atoms. The number of hydrogen-bond acceptors (Lipinski definition) is 3. The topological polar surface area (TPSA) is 52.1 Å². The number of carbonyl (C=O) groups excluding carboxylic acids is 1. The zero-order valence-electron chi connectivity index (χ0n) is 13.2. The van der Waals surface area contributed by atoms with E-state index in [-0.39, 0.29) is 18.4 Å². The second kappa shape index (κ2) is 10.6. The van der Waals surface area contributed by atoms with E-state index in [1.807, 2.05) is 25.1 Å². The number of quaternary nitrogens is 1. The molecule has 0 spiro atoms. The van der Waals surface area contributed by atoms with Crippen molar-refractivity contribution in [2.75, 3.05) is 19.8 Å². The van der Waals surface area contributed by atoms with Crippen LogP contribution >= 0.6 is 0 Å². The van der Waals surface area contributed by atoms with Gasteiger partial charge in [0, 0.05) is 5.56 Å². The Morgan fingerprint density at radius 2 is 1.74 bits per heavy atom. The van der Waals surface area contributed by atoms with Crippen molar-refractivity contribution in [2.24, 2.45) is 0 Å². The van der Waals surface area contributed by atoms with Crippen LogP contribution in [0.3, 0.4) is 0 Å². The highest BCUT2D eigenvalue weighted by atomic mass is 35.5. The maximum Gasteiger partial charge on any atom is 0.338 e. The summed E-state index contributed by atoms with van der Waals surface area (Å²) in [5.74, 6) is 0.464. The summed E-state index contributed by atoms with van der Waals surface area (Å²) in [5, 5.41) is 2.13. The normalized spacial score (nSPS) is 9.78. The molecule has 2 aromatic carbocycles. The average molecular weight is 336 g/mol. The van der Waals surface area contributed by atoms with Gasteiger partial charge in [-0.05, 0) is 31.2 Å². The number of ether oxygens (including phenoxy) is 2. The minimum Gasteiger partial charge on any atom is -1.00 e. The Balaban J connectivity index is 0.00000264. The predicted octanol–water partition coefficient (Wildman–Crippen LogP) is -0.990. The second-order valence-corrected chi connectivity index (χ2v) is 4.86. The molecule has 0 fully saturated rings. The Morgan fingerprint density at radius 3 is 2.39 bits per heavy atom. The number of hydrogen-bond donors (Lipinski definition) is 1. The number of carbonyl (C=O) groups is 1. The molecule has 23 heavy (non-hydrogen) atoms. The van der Waals surface area contributed by atoms with E-state index < -0.39 is 0 Å². The van der Waals surface area contributed by atoms with Gasteiger partial charge in [-0.3, -0.25) is 0 Å². The first-order chi connectivity index (χ1) is 10.8. The van der Waals surface area contributed by atoms with E-state index in [0.29, 0.717) is 18.8 Å². The molecule has 0 atom stereocenters. The van der Waals surface area contributed by atoms with E-state index in [4.69, 9.17) is 9.47 Å². The number of halogens is 1. The molecule has 0 saturated carbocycles. The number of esters is 1. The molecule has 0 unspecified atom stereocenters. The van der Waals surface area contributed by atoms with Gasteiger partial charge >= 0.3 is 5.97 Å². The molecule has 5 heteroatoms. The molecule has 0 radical (unpaired) electrons. The van der Waals surface area contributed by atoms with Gasteiger partial charge in [0.15, 0.2) is 0 Å². The molecule has 2 aromatic rings. The molecule has 0 saturated heterocycles. The van der Waals surface area contributed by atoms with E-state index >= 15 is 0 Å². The SMILES string of the molecule is CCOc1ccc(C(=O)OCC[NH2+]Cc2ccccc2)cc1.[Cl-]. The van der Waals surface area contributed by atoms with Crippen molar-refractivity contribution in [1.82, 2.24) is 0 Å². The Hall–Kier alpha value is -2.04. The Bertz CT molecular complexity index is 573. The first-order valence-corrected chi connectivity index (χ1v) is 7.55. The van der Waals surface area contributed by atoms with Crippen molar-refractivity contribution >= 4 is 5.97 Å². The lowest BCUT2D eigenvalue weighted by atomic mass is 10.2. The fraction of sp³-hybridized carbons (Fsp3) is 0.278. The molecule has 0 aliphatic carbocycles. The van der Waals surface area contributed by atoms with Crippen LogP contribution in [0.1, 0.15) is 22.8 Å². The third kappa shape index (κ3) is 6.72. The van der Waals surface area contributed by atoms with E-state index in [2.05, 4.69) is 17.4 Å². The lowest BCUT2D eigenvalue weighted by Gasteiger charge is -2.06. The lowest BCUT2D eigenvalue weighted by molar-refractivity contribution is -0.671. The molecule has 0 amide bonds. The molecule has 124 valence electrons. The Kier molecular flexibility index (Phi) is 8.80. The van der Waals surface area contributed by atoms with Crippen LogP contribution in [0.5, 0.6) is 5.75 Å². The molecule has 0 aliphatic heterocycles. The summed E-state index contributed by atoms with van der Waals surface area (Å²) in [4.78, 5) is 11.9. The molecule has 0 heterocycles. The molecular formula is C18H22ClNO3. The van der Waals surface area contributed by atoms with Crippen LogP contribution in [0, 0.1) is 0 Å². The zero-order valence-corrected chi connectivity index (χ0v) is 14.0. The second-order valence-electron chi connectivity index (χ2n) is 4.86. The van der Waals surface area contributed by atoms with Gasteiger partial charge in [-0.25, -0.2) is 4.79 Å². The van der Waals surface area contributed by atoms with Crippen LogP contribution in [0.4, 0.5) is 0 Å². The van der Waals surface area contributed by atoms with Gasteiger partial charge in [0.1, 0.15) is 25.4 Å². The third-order valence-electron chi connectivity index (χ3n) is 3.18. The fourth-order valence-corrected chi connectivity index (χ4v) is 2.06. The molecule has 4 nitrogen and oxygen atoms in total. The summed E-state index contributed by atoms with van der Waals surface area (Å²) >= 11 is 0. The standard InChI is InChI=1S/C18H21NO3.ClH/c1-2-21-17-10-8-16(9-11-17)18(20)22-13-12-19-14-15-6-4-3-5-7-15;/h3-11,19H,2,12-14H2,1H3;1H. The molecule has 2 N–H and O–H groups in total. The van der Waals surface area contributed by atoms with Crippen LogP contribution in [0.2, 0.25) is 0 Å². The highest BCUT2D eigenvalue weighted by Crippen LogP contribution is 2.12. The summed E-state index contributed by atoms with van der Waals surface area (Å²) in [6.45, 7) is 4.58. The van der Waals surface area contributed by atoms with Crippen LogP contribution in [0.15, 0.2) is 54.6 Å². The first kappa shape index (κ1) is 19.0. The Labute approximate surface area is 143 Å². The number of nitrogens with two attached hydrogens (primary N) is 1. The van der Waals surface area contributed by atoms with Gasteiger partial charge in [-0.15, -0.1) is 0 Å². The van der Waals surface area contributed by atoms with Gasteiger partial charge in [0.2, 0.25) is 0 Å². The maximum absolute atomic E-state index is 11.9. The van der Waals surface area contributed by atoms with Crippen LogP contribution < -0.4 is 22.5 Å². The van der Waals surface area contributed by atoms with E-state index in [0.717, 1.165) is 18.8 Å². The smallest absolute Gasteiger partial charge is 0.338 e. The van der Waals surface area contributed by atoms with Gasteiger partial charge in [-0.1, -0.05) is 30.3 Å². The first-order valence-electron chi connectivity index (χ1n) is 7.55.